The van der Waals surface area contributed by atoms with Crippen LogP contribution < -0.4 is 15.0 Å². The van der Waals surface area contributed by atoms with Gasteiger partial charge in [-0.1, -0.05) is 49.2 Å². The zero-order chi connectivity index (χ0) is 27.3. The van der Waals surface area contributed by atoms with Crippen molar-refractivity contribution in [2.45, 2.75) is 32.9 Å². The van der Waals surface area contributed by atoms with Crippen LogP contribution in [0.3, 0.4) is 0 Å². The lowest BCUT2D eigenvalue weighted by atomic mass is 10.0. The quantitative estimate of drug-likeness (QED) is 0.251. The van der Waals surface area contributed by atoms with Crippen molar-refractivity contribution in [2.75, 3.05) is 17.3 Å². The molecule has 1 aliphatic heterocycles. The molecule has 2 N–H and O–H groups in total. The van der Waals surface area contributed by atoms with E-state index in [2.05, 4.69) is 26.5 Å². The molecule has 39 heavy (non-hydrogen) atoms. The van der Waals surface area contributed by atoms with Gasteiger partial charge in [0.1, 0.15) is 16.6 Å². The number of H-pyrrole nitrogens is 1. The third-order valence-corrected chi connectivity index (χ3v) is 7.47. The second-order valence-electron chi connectivity index (χ2n) is 9.68. The highest BCUT2D eigenvalue weighted by molar-refractivity contribution is 6.35. The summed E-state index contributed by atoms with van der Waals surface area (Å²) in [6.07, 6.45) is 3.52. The van der Waals surface area contributed by atoms with E-state index in [4.69, 9.17) is 38.0 Å². The Morgan fingerprint density at radius 1 is 1.13 bits per heavy atom. The van der Waals surface area contributed by atoms with Crippen LogP contribution in [0.1, 0.15) is 46.9 Å². The Balaban J connectivity index is 1.48. The predicted octanol–water partition coefficient (Wildman–Crippen LogP) is 6.33. The minimum Gasteiger partial charge on any atom is -0.495 e. The number of nitrogens with zero attached hydrogens (tertiary/aromatic N) is 5. The van der Waals surface area contributed by atoms with Crippen molar-refractivity contribution in [1.82, 2.24) is 24.8 Å². The fourth-order valence-electron chi connectivity index (χ4n) is 4.95. The highest BCUT2D eigenvalue weighted by atomic mass is 35.5. The molecular formula is C28H25Cl2N7O2. The van der Waals surface area contributed by atoms with Crippen LogP contribution in [0.5, 0.6) is 5.75 Å². The lowest BCUT2D eigenvalue weighted by Crippen LogP contribution is -2.17. The van der Waals surface area contributed by atoms with Gasteiger partial charge in [0, 0.05) is 41.5 Å². The van der Waals surface area contributed by atoms with Gasteiger partial charge >= 0.3 is 0 Å². The number of anilines is 2. The van der Waals surface area contributed by atoms with E-state index in [-0.39, 0.29) is 17.5 Å². The third-order valence-electron chi connectivity index (χ3n) is 6.84. The van der Waals surface area contributed by atoms with Crippen molar-refractivity contribution >= 4 is 46.3 Å². The third kappa shape index (κ3) is 4.47. The van der Waals surface area contributed by atoms with Crippen LogP contribution in [0.2, 0.25) is 10.0 Å². The minimum absolute atomic E-state index is 0.0430. The largest absolute Gasteiger partial charge is 0.495 e. The van der Waals surface area contributed by atoms with E-state index in [0.29, 0.717) is 40.2 Å². The number of ether oxygens (including phenoxy) is 1. The first-order chi connectivity index (χ1) is 18.8. The van der Waals surface area contributed by atoms with Crippen molar-refractivity contribution < 1.29 is 9.53 Å². The molecule has 0 saturated heterocycles. The van der Waals surface area contributed by atoms with Crippen LogP contribution in [0, 0.1) is 0 Å². The van der Waals surface area contributed by atoms with E-state index >= 15 is 0 Å². The van der Waals surface area contributed by atoms with Crippen molar-refractivity contribution in [3.63, 3.8) is 0 Å². The Hall–Kier alpha value is -4.08. The van der Waals surface area contributed by atoms with Gasteiger partial charge in [-0.05, 0) is 41.3 Å². The summed E-state index contributed by atoms with van der Waals surface area (Å²) in [5.41, 5.74) is 6.01. The summed E-state index contributed by atoms with van der Waals surface area (Å²) in [6, 6.07) is 13.1. The van der Waals surface area contributed by atoms with Crippen LogP contribution in [0.4, 0.5) is 11.5 Å². The molecule has 1 aliphatic rings. The molecular weight excluding hydrogens is 537 g/mol. The molecule has 0 spiro atoms. The average Bonchev–Trinajstić information content (AvgIpc) is 3.67. The number of nitrogens with one attached hydrogen (secondary N) is 2. The van der Waals surface area contributed by atoms with Gasteiger partial charge in [-0.15, -0.1) is 0 Å². The van der Waals surface area contributed by atoms with Gasteiger partial charge in [0.2, 0.25) is 0 Å². The van der Waals surface area contributed by atoms with E-state index in [0.717, 1.165) is 22.6 Å². The average molecular weight is 562 g/mol. The zero-order valence-corrected chi connectivity index (χ0v) is 23.0. The van der Waals surface area contributed by atoms with Gasteiger partial charge in [-0.3, -0.25) is 9.89 Å². The number of halogens is 2. The van der Waals surface area contributed by atoms with E-state index in [1.807, 2.05) is 32.0 Å². The van der Waals surface area contributed by atoms with Gasteiger partial charge in [0.25, 0.3) is 5.91 Å². The standard InChI is InChI=1S/C28H25Cl2N7O2/c1-15(2)24-26(28(38)33-20-5-4-6-22(39-3)25(20)30)35-37-21(18-11-31-32-12-18)10-23(34-27(24)37)36-13-16-7-8-19(29)9-17(16)14-36/h4-12,15H,13-14H2,1-3H3,(H,31,32)(H,33,38). The van der Waals surface area contributed by atoms with Gasteiger partial charge in [-0.2, -0.15) is 10.2 Å². The first-order valence-electron chi connectivity index (χ1n) is 12.4. The van der Waals surface area contributed by atoms with Crippen molar-refractivity contribution in [2.24, 2.45) is 0 Å². The minimum atomic E-state index is -0.387. The number of methoxy groups -OCH3 is 1. The molecule has 198 valence electrons. The summed E-state index contributed by atoms with van der Waals surface area (Å²) in [5, 5.41) is 15.7. The van der Waals surface area contributed by atoms with Crippen molar-refractivity contribution in [3.05, 3.63) is 87.3 Å². The molecule has 0 unspecified atom stereocenters. The monoisotopic (exact) mass is 561 g/mol. The normalized spacial score (nSPS) is 12.8. The number of fused-ring (bicyclic) bond motifs is 2. The Morgan fingerprint density at radius 3 is 2.69 bits per heavy atom. The van der Waals surface area contributed by atoms with Gasteiger partial charge < -0.3 is 15.0 Å². The van der Waals surface area contributed by atoms with Crippen LogP contribution in [0.15, 0.2) is 54.9 Å². The summed E-state index contributed by atoms with van der Waals surface area (Å²) in [5.74, 6) is 0.812. The summed E-state index contributed by atoms with van der Waals surface area (Å²) < 4.78 is 7.01. The maximum atomic E-state index is 13.6. The molecule has 0 saturated carbocycles. The van der Waals surface area contributed by atoms with E-state index < -0.39 is 0 Å². The number of aromatic amines is 1. The second-order valence-corrected chi connectivity index (χ2v) is 10.5. The molecule has 3 aromatic heterocycles. The molecule has 1 amide bonds. The lowest BCUT2D eigenvalue weighted by Gasteiger charge is -2.18. The maximum absolute atomic E-state index is 13.6. The van der Waals surface area contributed by atoms with Gasteiger partial charge in [-0.25, -0.2) is 9.50 Å². The van der Waals surface area contributed by atoms with Crippen LogP contribution >= 0.6 is 23.2 Å². The van der Waals surface area contributed by atoms with Crippen molar-refractivity contribution in [3.8, 4) is 17.0 Å². The smallest absolute Gasteiger partial charge is 0.276 e. The SMILES string of the molecule is COc1cccc(NC(=O)c2nn3c(-c4cn[nH]c4)cc(N4Cc5ccc(Cl)cc5C4)nc3c2C(C)C)c1Cl. The number of carbonyl (C=O) groups is 1. The molecule has 0 radical (unpaired) electrons. The fourth-order valence-corrected chi connectivity index (χ4v) is 5.40. The Labute approximate surface area is 234 Å². The predicted molar refractivity (Wildman–Crippen MR) is 152 cm³/mol. The van der Waals surface area contributed by atoms with Gasteiger partial charge in [0.15, 0.2) is 11.3 Å². The summed E-state index contributed by atoms with van der Waals surface area (Å²) >= 11 is 12.7. The molecule has 9 nitrogen and oxygen atoms in total. The number of carbonyl (C=O) groups excluding carboxylic acids is 1. The Morgan fingerprint density at radius 2 is 1.95 bits per heavy atom. The molecule has 2 aromatic carbocycles. The summed E-state index contributed by atoms with van der Waals surface area (Å²) in [4.78, 5) is 20.9. The number of amides is 1. The topological polar surface area (TPSA) is 100 Å². The molecule has 0 bridgehead atoms. The Kier molecular flexibility index (Phi) is 6.40. The molecule has 0 atom stereocenters. The molecule has 0 aliphatic carbocycles. The highest BCUT2D eigenvalue weighted by Gasteiger charge is 2.28. The van der Waals surface area contributed by atoms with Crippen LogP contribution in [-0.2, 0) is 13.1 Å². The summed E-state index contributed by atoms with van der Waals surface area (Å²) in [6.45, 7) is 5.42. The number of hydrogen-bond donors (Lipinski definition) is 2. The molecule has 6 rings (SSSR count). The highest BCUT2D eigenvalue weighted by Crippen LogP contribution is 2.36. The summed E-state index contributed by atoms with van der Waals surface area (Å²) in [7, 11) is 1.53. The van der Waals surface area contributed by atoms with E-state index in [1.165, 1.54) is 18.2 Å². The first-order valence-corrected chi connectivity index (χ1v) is 13.2. The van der Waals surface area contributed by atoms with E-state index in [9.17, 15) is 4.79 Å². The Bertz CT molecular complexity index is 1710. The molecule has 4 heterocycles. The van der Waals surface area contributed by atoms with E-state index in [1.54, 1.807) is 35.1 Å². The number of benzene rings is 2. The van der Waals surface area contributed by atoms with Crippen LogP contribution in [0.25, 0.3) is 16.9 Å². The molecule has 11 heteroatoms. The van der Waals surface area contributed by atoms with Crippen molar-refractivity contribution in [1.29, 1.82) is 0 Å². The first kappa shape index (κ1) is 25.2. The number of hydrogen-bond acceptors (Lipinski definition) is 6. The van der Waals surface area contributed by atoms with Gasteiger partial charge in [0.05, 0.1) is 24.7 Å². The number of aromatic nitrogens is 5. The second kappa shape index (κ2) is 9.91. The molecule has 5 aromatic rings. The maximum Gasteiger partial charge on any atom is 0.276 e. The lowest BCUT2D eigenvalue weighted by molar-refractivity contribution is 0.102. The fraction of sp³-hybridized carbons (Fsp3) is 0.214. The number of rotatable bonds is 6. The molecule has 0 fully saturated rings. The zero-order valence-electron chi connectivity index (χ0n) is 21.5. The van der Waals surface area contributed by atoms with Crippen LogP contribution in [-0.4, -0.2) is 37.8 Å².